The molecule has 5 aromatic carbocycles. The molecule has 0 fully saturated rings. The Morgan fingerprint density at radius 1 is 0.512 bits per heavy atom. The van der Waals surface area contributed by atoms with E-state index in [2.05, 4.69) is 184 Å². The van der Waals surface area contributed by atoms with Crippen LogP contribution in [0.1, 0.15) is 233 Å². The number of rotatable bonds is 21. The zero-order valence-corrected chi connectivity index (χ0v) is 55.9. The average molecular weight is 1170 g/mol. The van der Waals surface area contributed by atoms with E-state index in [9.17, 15) is 20.2 Å². The van der Waals surface area contributed by atoms with Crippen molar-refractivity contribution in [3.63, 3.8) is 0 Å². The minimum Gasteiger partial charge on any atom is -0.489 e. The van der Waals surface area contributed by atoms with Crippen molar-refractivity contribution in [3.05, 3.63) is 140 Å². The minimum atomic E-state index is -1.41. The van der Waals surface area contributed by atoms with Gasteiger partial charge in [-0.2, -0.15) is 15.8 Å². The molecule has 0 heterocycles. The van der Waals surface area contributed by atoms with E-state index < -0.39 is 50.3 Å². The van der Waals surface area contributed by atoms with Crippen molar-refractivity contribution in [2.75, 3.05) is 12.8 Å². The van der Waals surface area contributed by atoms with Crippen LogP contribution in [0.3, 0.4) is 0 Å². The highest BCUT2D eigenvalue weighted by molar-refractivity contribution is 7.16. The summed E-state index contributed by atoms with van der Waals surface area (Å²) in [4.78, 5) is -1.41. The summed E-state index contributed by atoms with van der Waals surface area (Å²) in [6.07, 6.45) is 3.47. The molecule has 0 aliphatic rings. The van der Waals surface area contributed by atoms with Gasteiger partial charge >= 0.3 is 0 Å². The molecular formula is C71H93Cl2FN3O4P. The van der Waals surface area contributed by atoms with E-state index in [0.717, 1.165) is 52.0 Å². The van der Waals surface area contributed by atoms with E-state index in [1.165, 1.54) is 0 Å². The largest absolute Gasteiger partial charge is 0.489 e. The van der Waals surface area contributed by atoms with Crippen LogP contribution in [0.15, 0.2) is 78.9 Å². The van der Waals surface area contributed by atoms with E-state index in [1.807, 2.05) is 36.4 Å². The third-order valence-electron chi connectivity index (χ3n) is 16.4. The maximum atomic E-state index is 14.3. The van der Waals surface area contributed by atoms with Crippen LogP contribution in [0.2, 0.25) is 5.02 Å². The first-order chi connectivity index (χ1) is 37.8. The highest BCUT2D eigenvalue weighted by Gasteiger charge is 2.43. The molecule has 0 aliphatic heterocycles. The number of nitrogens with zero attached hydrogens (tertiary/aromatic N) is 3. The van der Waals surface area contributed by atoms with Gasteiger partial charge in [0.05, 0.1) is 26.6 Å². The fraction of sp³-hybridized carbons (Fsp3) is 0.535. The smallest absolute Gasteiger partial charge is 0.145 e. The molecule has 0 aliphatic carbocycles. The van der Waals surface area contributed by atoms with E-state index in [1.54, 1.807) is 31.2 Å². The fourth-order valence-electron chi connectivity index (χ4n) is 12.6. The number of halogens is 3. The molecule has 4 atom stereocenters. The molecule has 5 aromatic rings. The van der Waals surface area contributed by atoms with Crippen molar-refractivity contribution in [2.45, 2.75) is 221 Å². The molecule has 0 radical (unpaired) electrons. The van der Waals surface area contributed by atoms with Gasteiger partial charge in [-0.3, -0.25) is 0 Å². The van der Waals surface area contributed by atoms with Crippen molar-refractivity contribution in [1.29, 1.82) is 15.8 Å². The molecule has 0 saturated carbocycles. The summed E-state index contributed by atoms with van der Waals surface area (Å²) in [7, 11) is 2.96. The van der Waals surface area contributed by atoms with Crippen LogP contribution in [-0.4, -0.2) is 18.9 Å². The summed E-state index contributed by atoms with van der Waals surface area (Å²) in [6.45, 7) is 44.3. The Bertz CT molecular complexity index is 3230. The standard InChI is InChI=1S/C71H93Cl2FN3O4P/c1-22-70(44-82,45(4)78-59-34-53(66(14,15)16)60(35-52(59)65(11,12)13)79-57-32-26-28-49(47(57)39-76)69(21,73)43-74)50-29-27-33-58(48(50)40-77)80-61-36-55(68(19,20)42-64(8,9)10)62(37-54(61)67(17,18)41-63(5,6)7)81-71(23-2,24-3)51-30-25-31-56(72)46(51)38-75/h25-37,45H,22-24,41-44,82H2,1-21H3. The van der Waals surface area contributed by atoms with Gasteiger partial charge in [-0.15, -0.1) is 20.8 Å². The highest BCUT2D eigenvalue weighted by Crippen LogP contribution is 2.53. The van der Waals surface area contributed by atoms with Crippen molar-refractivity contribution in [1.82, 2.24) is 0 Å². The van der Waals surface area contributed by atoms with E-state index in [-0.39, 0.29) is 22.1 Å². The molecule has 442 valence electrons. The Labute approximate surface area is 505 Å². The Morgan fingerprint density at radius 2 is 0.915 bits per heavy atom. The predicted molar refractivity (Wildman–Crippen MR) is 342 cm³/mol. The molecule has 0 amide bonds. The zero-order chi connectivity index (χ0) is 62.0. The molecule has 0 aromatic heterocycles. The lowest BCUT2D eigenvalue weighted by atomic mass is 9.69. The summed E-state index contributed by atoms with van der Waals surface area (Å²) < 4.78 is 43.3. The first-order valence-corrected chi connectivity index (χ1v) is 30.7. The molecule has 7 nitrogen and oxygen atoms in total. The topological polar surface area (TPSA) is 108 Å². The maximum absolute atomic E-state index is 14.3. The van der Waals surface area contributed by atoms with Crippen molar-refractivity contribution < 1.29 is 23.3 Å². The number of alkyl halides is 2. The van der Waals surface area contributed by atoms with Gasteiger partial charge in [-0.1, -0.05) is 180 Å². The summed E-state index contributed by atoms with van der Waals surface area (Å²) in [5, 5.41) is 32.9. The first kappa shape index (κ1) is 67.5. The molecular weight excluding hydrogens is 1080 g/mol. The molecule has 4 unspecified atom stereocenters. The van der Waals surface area contributed by atoms with E-state index in [4.69, 9.17) is 42.1 Å². The van der Waals surface area contributed by atoms with Gasteiger partial charge in [0.1, 0.15) is 71.1 Å². The van der Waals surface area contributed by atoms with Crippen LogP contribution in [0.25, 0.3) is 0 Å². The third kappa shape index (κ3) is 14.6. The van der Waals surface area contributed by atoms with Crippen LogP contribution in [0.5, 0.6) is 34.5 Å². The number of nitriles is 3. The number of hydrogen-bond donors (Lipinski definition) is 0. The number of hydrogen-bond acceptors (Lipinski definition) is 7. The van der Waals surface area contributed by atoms with Gasteiger partial charge in [0.15, 0.2) is 0 Å². The van der Waals surface area contributed by atoms with Crippen molar-refractivity contribution in [2.24, 2.45) is 10.8 Å². The lowest BCUT2D eigenvalue weighted by molar-refractivity contribution is 0.0538. The predicted octanol–water partition coefficient (Wildman–Crippen LogP) is 21.1. The van der Waals surface area contributed by atoms with Crippen molar-refractivity contribution >= 4 is 32.4 Å². The quantitative estimate of drug-likeness (QED) is 0.0532. The molecule has 82 heavy (non-hydrogen) atoms. The second kappa shape index (κ2) is 25.1. The SMILES string of the molecule is CCC(CC)(Oc1cc(C(C)(C)CC(C)(C)C)c(Oc2cccc(C(CC)(CP)C(C)Oc3cc(C(C)(C)C)c(Oc4cccc(C(C)(Cl)CF)c4C#N)cc3C(C)(C)C)c2C#N)cc1C(C)(C)CC(C)(C)C)c1cccc(Cl)c1C#N. The summed E-state index contributed by atoms with van der Waals surface area (Å²) in [5.41, 5.74) is 2.96. The monoisotopic (exact) mass is 1170 g/mol. The first-order valence-electron chi connectivity index (χ1n) is 29.1. The van der Waals surface area contributed by atoms with E-state index in [0.29, 0.717) is 70.1 Å². The second-order valence-electron chi connectivity index (χ2n) is 28.6. The molecule has 0 saturated heterocycles. The Kier molecular flexibility index (Phi) is 20.7. The lowest BCUT2D eigenvalue weighted by Gasteiger charge is -2.41. The van der Waals surface area contributed by atoms with Gasteiger partial charge in [0.25, 0.3) is 0 Å². The number of benzene rings is 5. The maximum Gasteiger partial charge on any atom is 0.145 e. The summed E-state index contributed by atoms with van der Waals surface area (Å²) in [5.74, 6) is 3.30. The Morgan fingerprint density at radius 3 is 1.35 bits per heavy atom. The summed E-state index contributed by atoms with van der Waals surface area (Å²) >= 11 is 13.4. The van der Waals surface area contributed by atoms with Crippen LogP contribution >= 0.6 is 32.4 Å². The zero-order valence-electron chi connectivity index (χ0n) is 53.2. The highest BCUT2D eigenvalue weighted by atomic mass is 35.5. The fourth-order valence-corrected chi connectivity index (χ4v) is 13.9. The lowest BCUT2D eigenvalue weighted by Crippen LogP contribution is -2.43. The van der Waals surface area contributed by atoms with Gasteiger partial charge in [0.2, 0.25) is 0 Å². The van der Waals surface area contributed by atoms with Crippen LogP contribution in [0.4, 0.5) is 4.39 Å². The van der Waals surface area contributed by atoms with Gasteiger partial charge < -0.3 is 18.9 Å². The van der Waals surface area contributed by atoms with Crippen LogP contribution < -0.4 is 18.9 Å². The van der Waals surface area contributed by atoms with Gasteiger partial charge in [0, 0.05) is 33.2 Å². The van der Waals surface area contributed by atoms with Crippen LogP contribution in [0, 0.1) is 44.8 Å². The molecule has 0 bridgehead atoms. The molecule has 5 rings (SSSR count). The Hall–Kier alpha value is -5.29. The Balaban J connectivity index is 1.77. The molecule has 11 heteroatoms. The van der Waals surface area contributed by atoms with Gasteiger partial charge in [-0.05, 0) is 138 Å². The third-order valence-corrected chi connectivity index (χ3v) is 17.7. The molecule has 0 spiro atoms. The second-order valence-corrected chi connectivity index (χ2v) is 30.2. The average Bonchev–Trinajstić information content (AvgIpc) is 3.10. The normalized spacial score (nSPS) is 14.6. The van der Waals surface area contributed by atoms with E-state index >= 15 is 0 Å². The number of ether oxygens (including phenoxy) is 4. The van der Waals surface area contributed by atoms with Crippen molar-refractivity contribution in [3.8, 4) is 52.7 Å². The van der Waals surface area contributed by atoms with Crippen LogP contribution in [-0.2, 0) is 37.6 Å². The minimum absolute atomic E-state index is 0.0696. The molecule has 0 N–H and O–H groups in total. The summed E-state index contributed by atoms with van der Waals surface area (Å²) in [6, 6.07) is 32.3. The van der Waals surface area contributed by atoms with Gasteiger partial charge in [-0.25, -0.2) is 4.39 Å².